The molecule has 1 amide bonds. The van der Waals surface area contributed by atoms with Crippen molar-refractivity contribution in [3.05, 3.63) is 95.3 Å². The average molecular weight is 434 g/mol. The highest BCUT2D eigenvalue weighted by molar-refractivity contribution is 8.00. The van der Waals surface area contributed by atoms with Gasteiger partial charge in [-0.15, -0.1) is 10.2 Å². The fraction of sp³-hybridized carbons (Fsp3) is 0.125. The van der Waals surface area contributed by atoms with Crippen LogP contribution in [-0.4, -0.2) is 16.1 Å². The van der Waals surface area contributed by atoms with Crippen molar-refractivity contribution >= 4 is 23.4 Å². The number of nitrogens with one attached hydrogen (secondary N) is 1. The molecule has 4 rings (SSSR count). The third-order valence-corrected chi connectivity index (χ3v) is 5.63. The number of anilines is 1. The van der Waals surface area contributed by atoms with E-state index < -0.39 is 5.25 Å². The van der Waals surface area contributed by atoms with Crippen molar-refractivity contribution in [3.8, 4) is 11.5 Å². The molecular weight excluding hydrogens is 413 g/mol. The number of hydrogen-bond acceptors (Lipinski definition) is 5. The second kappa shape index (κ2) is 9.14. The molecule has 0 radical (unpaired) electrons. The number of thioether (sulfide) groups is 1. The highest BCUT2D eigenvalue weighted by Gasteiger charge is 2.25. The van der Waals surface area contributed by atoms with E-state index in [1.54, 1.807) is 0 Å². The standard InChI is InChI=1S/C24H20FN3O2S/c1-15-12-16(2)14-18(13-15)23-27-28-24(30-23)31-21(17-6-4-3-5-7-17)22(29)26-20-10-8-19(25)9-11-20/h3-14,21H,1-2H3,(H,26,29). The number of carbonyl (C=O) groups excluding carboxylic acids is 1. The predicted octanol–water partition coefficient (Wildman–Crippen LogP) is 5.96. The van der Waals surface area contributed by atoms with Gasteiger partial charge < -0.3 is 9.73 Å². The smallest absolute Gasteiger partial charge is 0.277 e. The highest BCUT2D eigenvalue weighted by Crippen LogP contribution is 2.36. The molecule has 1 aromatic heterocycles. The van der Waals surface area contributed by atoms with Crippen LogP contribution >= 0.6 is 11.8 Å². The minimum Gasteiger partial charge on any atom is -0.411 e. The van der Waals surface area contributed by atoms with Gasteiger partial charge in [-0.1, -0.05) is 47.5 Å². The molecule has 4 aromatic rings. The molecule has 31 heavy (non-hydrogen) atoms. The zero-order chi connectivity index (χ0) is 21.8. The summed E-state index contributed by atoms with van der Waals surface area (Å²) in [5.41, 5.74) is 4.34. The summed E-state index contributed by atoms with van der Waals surface area (Å²) in [6.45, 7) is 4.02. The van der Waals surface area contributed by atoms with Gasteiger partial charge in [-0.25, -0.2) is 4.39 Å². The summed E-state index contributed by atoms with van der Waals surface area (Å²) in [5, 5.41) is 10.8. The molecule has 7 heteroatoms. The Kier molecular flexibility index (Phi) is 6.13. The maximum atomic E-state index is 13.2. The Balaban J connectivity index is 1.59. The van der Waals surface area contributed by atoms with Crippen LogP contribution in [0.2, 0.25) is 0 Å². The molecular formula is C24H20FN3O2S. The second-order valence-corrected chi connectivity index (χ2v) is 8.21. The Hall–Kier alpha value is -3.45. The van der Waals surface area contributed by atoms with Crippen molar-refractivity contribution in [2.45, 2.75) is 24.3 Å². The topological polar surface area (TPSA) is 68.0 Å². The lowest BCUT2D eigenvalue weighted by Gasteiger charge is -2.15. The lowest BCUT2D eigenvalue weighted by atomic mass is 10.1. The highest BCUT2D eigenvalue weighted by atomic mass is 32.2. The molecule has 1 heterocycles. The van der Waals surface area contributed by atoms with Crippen molar-refractivity contribution in [1.29, 1.82) is 0 Å². The number of halogens is 1. The lowest BCUT2D eigenvalue weighted by Crippen LogP contribution is -2.19. The van der Waals surface area contributed by atoms with E-state index in [4.69, 9.17) is 4.42 Å². The Morgan fingerprint density at radius 1 is 0.968 bits per heavy atom. The molecule has 1 unspecified atom stereocenters. The summed E-state index contributed by atoms with van der Waals surface area (Å²) in [4.78, 5) is 13.1. The zero-order valence-corrected chi connectivity index (χ0v) is 17.8. The Labute approximate surface area is 183 Å². The van der Waals surface area contributed by atoms with Crippen LogP contribution in [0.15, 0.2) is 82.4 Å². The van der Waals surface area contributed by atoms with E-state index in [1.165, 1.54) is 36.0 Å². The summed E-state index contributed by atoms with van der Waals surface area (Å²) >= 11 is 1.17. The first kappa shape index (κ1) is 20.8. The van der Waals surface area contributed by atoms with Gasteiger partial charge >= 0.3 is 0 Å². The fourth-order valence-corrected chi connectivity index (χ4v) is 4.09. The van der Waals surface area contributed by atoms with Gasteiger partial charge in [0.05, 0.1) is 0 Å². The summed E-state index contributed by atoms with van der Waals surface area (Å²) in [6.07, 6.45) is 0. The Morgan fingerprint density at radius 2 is 1.65 bits per heavy atom. The maximum absolute atomic E-state index is 13.2. The number of benzene rings is 3. The van der Waals surface area contributed by atoms with E-state index in [0.717, 1.165) is 22.3 Å². The molecule has 5 nitrogen and oxygen atoms in total. The Morgan fingerprint density at radius 3 is 2.32 bits per heavy atom. The van der Waals surface area contributed by atoms with Crippen LogP contribution in [0.3, 0.4) is 0 Å². The number of carbonyl (C=O) groups is 1. The van der Waals surface area contributed by atoms with Gasteiger partial charge in [0.2, 0.25) is 11.8 Å². The minimum atomic E-state index is -0.626. The van der Waals surface area contributed by atoms with Crippen LogP contribution in [0, 0.1) is 19.7 Å². The van der Waals surface area contributed by atoms with Crippen molar-refractivity contribution < 1.29 is 13.6 Å². The van der Waals surface area contributed by atoms with Crippen molar-refractivity contribution in [2.75, 3.05) is 5.32 Å². The van der Waals surface area contributed by atoms with Gasteiger partial charge in [0.1, 0.15) is 11.1 Å². The molecule has 0 fully saturated rings. The van der Waals surface area contributed by atoms with Crippen LogP contribution in [0.1, 0.15) is 21.9 Å². The molecule has 156 valence electrons. The van der Waals surface area contributed by atoms with Crippen molar-refractivity contribution in [1.82, 2.24) is 10.2 Å². The monoisotopic (exact) mass is 433 g/mol. The second-order valence-electron chi connectivity index (χ2n) is 7.15. The van der Waals surface area contributed by atoms with E-state index in [1.807, 2.05) is 56.3 Å². The van der Waals surface area contributed by atoms with Crippen LogP contribution in [-0.2, 0) is 4.79 Å². The van der Waals surface area contributed by atoms with E-state index in [9.17, 15) is 9.18 Å². The van der Waals surface area contributed by atoms with Crippen LogP contribution in [0.4, 0.5) is 10.1 Å². The van der Waals surface area contributed by atoms with E-state index >= 15 is 0 Å². The molecule has 0 saturated heterocycles. The lowest BCUT2D eigenvalue weighted by molar-refractivity contribution is -0.115. The Bertz CT molecular complexity index is 1170. The molecule has 1 atom stereocenters. The fourth-order valence-electron chi connectivity index (χ4n) is 3.21. The average Bonchev–Trinajstić information content (AvgIpc) is 3.22. The molecule has 0 bridgehead atoms. The van der Waals surface area contributed by atoms with Crippen LogP contribution in [0.5, 0.6) is 0 Å². The summed E-state index contributed by atoms with van der Waals surface area (Å²) in [7, 11) is 0. The number of rotatable bonds is 6. The first-order chi connectivity index (χ1) is 15.0. The van der Waals surface area contributed by atoms with Gasteiger partial charge in [-0.05, 0) is 67.6 Å². The minimum absolute atomic E-state index is 0.269. The normalized spacial score (nSPS) is 11.8. The van der Waals surface area contributed by atoms with Crippen LogP contribution in [0.25, 0.3) is 11.5 Å². The number of nitrogens with zero attached hydrogens (tertiary/aromatic N) is 2. The first-order valence-electron chi connectivity index (χ1n) is 9.68. The molecule has 0 aliphatic carbocycles. The van der Waals surface area contributed by atoms with Gasteiger partial charge in [-0.3, -0.25) is 4.79 Å². The predicted molar refractivity (Wildman–Crippen MR) is 119 cm³/mol. The van der Waals surface area contributed by atoms with Gasteiger partial charge in [0, 0.05) is 11.3 Å². The summed E-state index contributed by atoms with van der Waals surface area (Å²) in [5.74, 6) is -0.231. The maximum Gasteiger partial charge on any atom is 0.277 e. The summed E-state index contributed by atoms with van der Waals surface area (Å²) < 4.78 is 19.0. The molecule has 1 N–H and O–H groups in total. The molecule has 3 aromatic carbocycles. The third kappa shape index (κ3) is 5.19. The molecule has 0 saturated carbocycles. The number of aromatic nitrogens is 2. The number of amides is 1. The first-order valence-corrected chi connectivity index (χ1v) is 10.6. The van der Waals surface area contributed by atoms with Gasteiger partial charge in [-0.2, -0.15) is 0 Å². The third-order valence-electron chi connectivity index (χ3n) is 4.55. The van der Waals surface area contributed by atoms with Gasteiger partial charge in [0.25, 0.3) is 5.22 Å². The van der Waals surface area contributed by atoms with Crippen molar-refractivity contribution in [3.63, 3.8) is 0 Å². The quantitative estimate of drug-likeness (QED) is 0.380. The van der Waals surface area contributed by atoms with Gasteiger partial charge in [0.15, 0.2) is 0 Å². The van der Waals surface area contributed by atoms with E-state index in [2.05, 4.69) is 21.6 Å². The number of hydrogen-bond donors (Lipinski definition) is 1. The largest absolute Gasteiger partial charge is 0.411 e. The van der Waals surface area contributed by atoms with E-state index in [0.29, 0.717) is 11.6 Å². The molecule has 0 aliphatic rings. The molecule has 0 spiro atoms. The summed E-state index contributed by atoms with van der Waals surface area (Å²) in [6, 6.07) is 21.0. The van der Waals surface area contributed by atoms with E-state index in [-0.39, 0.29) is 16.9 Å². The van der Waals surface area contributed by atoms with Crippen LogP contribution < -0.4 is 5.32 Å². The SMILES string of the molecule is Cc1cc(C)cc(-c2nnc(SC(C(=O)Nc3ccc(F)cc3)c3ccccc3)o2)c1. The zero-order valence-electron chi connectivity index (χ0n) is 17.0. The number of aryl methyl sites for hydroxylation is 2. The van der Waals surface area contributed by atoms with Crippen molar-refractivity contribution in [2.24, 2.45) is 0 Å². The molecule has 0 aliphatic heterocycles.